The standard InChI is InChI=1S/C7H11N3O2/c1-4-5(2-3-11-4)6-9-10-7(8)12-6/h4-5H,2-3H2,1H3,(H2,8,10). The van der Waals surface area contributed by atoms with Crippen molar-refractivity contribution in [3.8, 4) is 0 Å². The Morgan fingerprint density at radius 3 is 2.83 bits per heavy atom. The Kier molecular flexibility index (Phi) is 1.73. The van der Waals surface area contributed by atoms with Gasteiger partial charge in [0.25, 0.3) is 0 Å². The second-order valence-corrected chi connectivity index (χ2v) is 2.95. The molecule has 0 aromatic carbocycles. The minimum Gasteiger partial charge on any atom is -0.408 e. The molecule has 1 aliphatic rings. The Hall–Kier alpha value is -1.10. The summed E-state index contributed by atoms with van der Waals surface area (Å²) in [5.41, 5.74) is 5.31. The van der Waals surface area contributed by atoms with Gasteiger partial charge in [-0.1, -0.05) is 5.10 Å². The maximum Gasteiger partial charge on any atom is 0.312 e. The summed E-state index contributed by atoms with van der Waals surface area (Å²) < 4.78 is 10.5. The van der Waals surface area contributed by atoms with Gasteiger partial charge in [-0.3, -0.25) is 0 Å². The average molecular weight is 169 g/mol. The first kappa shape index (κ1) is 7.54. The van der Waals surface area contributed by atoms with E-state index < -0.39 is 0 Å². The third-order valence-electron chi connectivity index (χ3n) is 2.15. The zero-order valence-corrected chi connectivity index (χ0v) is 6.86. The van der Waals surface area contributed by atoms with Gasteiger partial charge in [0.15, 0.2) is 0 Å². The normalized spacial score (nSPS) is 29.4. The smallest absolute Gasteiger partial charge is 0.312 e. The Morgan fingerprint density at radius 1 is 1.50 bits per heavy atom. The van der Waals surface area contributed by atoms with Gasteiger partial charge >= 0.3 is 6.01 Å². The van der Waals surface area contributed by atoms with Crippen molar-refractivity contribution in [2.24, 2.45) is 0 Å². The molecule has 1 aromatic heterocycles. The van der Waals surface area contributed by atoms with Crippen LogP contribution in [-0.2, 0) is 4.74 Å². The van der Waals surface area contributed by atoms with E-state index in [4.69, 9.17) is 14.9 Å². The molecule has 2 N–H and O–H groups in total. The molecule has 0 aliphatic carbocycles. The number of aromatic nitrogens is 2. The number of nitrogen functional groups attached to an aromatic ring is 1. The van der Waals surface area contributed by atoms with Crippen molar-refractivity contribution in [1.29, 1.82) is 0 Å². The van der Waals surface area contributed by atoms with E-state index in [0.717, 1.165) is 13.0 Å². The van der Waals surface area contributed by atoms with Crippen molar-refractivity contribution in [1.82, 2.24) is 10.2 Å². The Bertz CT molecular complexity index is 273. The number of hydrogen-bond acceptors (Lipinski definition) is 5. The van der Waals surface area contributed by atoms with Crippen molar-refractivity contribution < 1.29 is 9.15 Å². The number of rotatable bonds is 1. The van der Waals surface area contributed by atoms with E-state index in [1.165, 1.54) is 0 Å². The maximum atomic E-state index is 5.36. The molecule has 66 valence electrons. The van der Waals surface area contributed by atoms with E-state index >= 15 is 0 Å². The van der Waals surface area contributed by atoms with Crippen LogP contribution in [0.2, 0.25) is 0 Å². The van der Waals surface area contributed by atoms with Crippen LogP contribution in [0.4, 0.5) is 6.01 Å². The molecule has 0 bridgehead atoms. The van der Waals surface area contributed by atoms with Gasteiger partial charge in [0.05, 0.1) is 12.0 Å². The van der Waals surface area contributed by atoms with Gasteiger partial charge in [-0.2, -0.15) is 0 Å². The predicted octanol–water partition coefficient (Wildman–Crippen LogP) is 0.544. The van der Waals surface area contributed by atoms with Crippen LogP contribution in [0.1, 0.15) is 25.2 Å². The van der Waals surface area contributed by atoms with Crippen LogP contribution in [0.25, 0.3) is 0 Å². The molecule has 1 aromatic rings. The molecule has 0 radical (unpaired) electrons. The molecule has 0 amide bonds. The number of nitrogens with zero attached hydrogens (tertiary/aromatic N) is 2. The summed E-state index contributed by atoms with van der Waals surface area (Å²) in [6.07, 6.45) is 1.09. The summed E-state index contributed by atoms with van der Waals surface area (Å²) in [4.78, 5) is 0. The van der Waals surface area contributed by atoms with Crippen LogP contribution < -0.4 is 5.73 Å². The lowest BCUT2D eigenvalue weighted by atomic mass is 10.0. The SMILES string of the molecule is CC1OCCC1c1nnc(N)o1. The summed E-state index contributed by atoms with van der Waals surface area (Å²) in [5, 5.41) is 7.43. The molecule has 1 saturated heterocycles. The largest absolute Gasteiger partial charge is 0.408 e. The third-order valence-corrected chi connectivity index (χ3v) is 2.15. The van der Waals surface area contributed by atoms with Crippen LogP contribution in [0.15, 0.2) is 4.42 Å². The van der Waals surface area contributed by atoms with Crippen LogP contribution in [0.5, 0.6) is 0 Å². The molecule has 0 saturated carbocycles. The van der Waals surface area contributed by atoms with E-state index in [1.54, 1.807) is 0 Å². The molecule has 1 fully saturated rings. The van der Waals surface area contributed by atoms with Gasteiger partial charge in [-0.15, -0.1) is 5.10 Å². The zero-order chi connectivity index (χ0) is 8.55. The quantitative estimate of drug-likeness (QED) is 0.664. The fraction of sp³-hybridized carbons (Fsp3) is 0.714. The lowest BCUT2D eigenvalue weighted by Gasteiger charge is -2.07. The average Bonchev–Trinajstić information content (AvgIpc) is 2.58. The second kappa shape index (κ2) is 2.75. The molecule has 1 aliphatic heterocycles. The number of nitrogens with two attached hydrogens (primary N) is 1. The minimum absolute atomic E-state index is 0.129. The van der Waals surface area contributed by atoms with Crippen molar-refractivity contribution in [2.75, 3.05) is 12.3 Å². The summed E-state index contributed by atoms with van der Waals surface area (Å²) in [5.74, 6) is 0.812. The molecule has 2 unspecified atom stereocenters. The Morgan fingerprint density at radius 2 is 2.33 bits per heavy atom. The Balaban J connectivity index is 2.19. The first-order chi connectivity index (χ1) is 5.77. The van der Waals surface area contributed by atoms with Crippen LogP contribution in [0, 0.1) is 0 Å². The van der Waals surface area contributed by atoms with Gasteiger partial charge in [0.2, 0.25) is 5.89 Å². The first-order valence-electron chi connectivity index (χ1n) is 3.98. The first-order valence-corrected chi connectivity index (χ1v) is 3.98. The predicted molar refractivity (Wildman–Crippen MR) is 41.5 cm³/mol. The number of hydrogen-bond donors (Lipinski definition) is 1. The van der Waals surface area contributed by atoms with Crippen molar-refractivity contribution in [3.05, 3.63) is 5.89 Å². The fourth-order valence-electron chi connectivity index (χ4n) is 1.45. The zero-order valence-electron chi connectivity index (χ0n) is 6.86. The monoisotopic (exact) mass is 169 g/mol. The van der Waals surface area contributed by atoms with E-state index in [0.29, 0.717) is 5.89 Å². The molecule has 5 nitrogen and oxygen atoms in total. The summed E-state index contributed by atoms with van der Waals surface area (Å²) in [6, 6.07) is 0.129. The molecule has 12 heavy (non-hydrogen) atoms. The summed E-state index contributed by atoms with van der Waals surface area (Å²) in [6.45, 7) is 2.76. The fourth-order valence-corrected chi connectivity index (χ4v) is 1.45. The van der Waals surface area contributed by atoms with Crippen molar-refractivity contribution >= 4 is 6.01 Å². The summed E-state index contributed by atoms with van der Waals surface area (Å²) in [7, 11) is 0. The maximum absolute atomic E-state index is 5.36. The van der Waals surface area contributed by atoms with Crippen LogP contribution >= 0.6 is 0 Å². The van der Waals surface area contributed by atoms with Crippen molar-refractivity contribution in [3.63, 3.8) is 0 Å². The highest BCUT2D eigenvalue weighted by Crippen LogP contribution is 2.30. The molecular weight excluding hydrogens is 158 g/mol. The third kappa shape index (κ3) is 1.16. The topological polar surface area (TPSA) is 74.2 Å². The van der Waals surface area contributed by atoms with Gasteiger partial charge in [-0.25, -0.2) is 0 Å². The van der Waals surface area contributed by atoms with Crippen LogP contribution in [-0.4, -0.2) is 22.9 Å². The minimum atomic E-state index is 0.129. The second-order valence-electron chi connectivity index (χ2n) is 2.95. The van der Waals surface area contributed by atoms with E-state index in [9.17, 15) is 0 Å². The molecule has 2 atom stereocenters. The highest BCUT2D eigenvalue weighted by atomic mass is 16.5. The summed E-state index contributed by atoms with van der Waals surface area (Å²) >= 11 is 0. The van der Waals surface area contributed by atoms with Gasteiger partial charge in [-0.05, 0) is 13.3 Å². The molecule has 5 heteroatoms. The lowest BCUT2D eigenvalue weighted by Crippen LogP contribution is -2.09. The molecular formula is C7H11N3O2. The molecule has 2 rings (SSSR count). The van der Waals surface area contributed by atoms with E-state index in [2.05, 4.69) is 10.2 Å². The number of anilines is 1. The molecule has 0 spiro atoms. The highest BCUT2D eigenvalue weighted by molar-refractivity contribution is 5.08. The van der Waals surface area contributed by atoms with Gasteiger partial charge in [0.1, 0.15) is 0 Å². The lowest BCUT2D eigenvalue weighted by molar-refractivity contribution is 0.114. The van der Waals surface area contributed by atoms with Gasteiger partial charge in [0, 0.05) is 6.61 Å². The highest BCUT2D eigenvalue weighted by Gasteiger charge is 2.30. The Labute approximate surface area is 69.9 Å². The molecule has 2 heterocycles. The van der Waals surface area contributed by atoms with E-state index in [-0.39, 0.29) is 18.0 Å². The van der Waals surface area contributed by atoms with Crippen LogP contribution in [0.3, 0.4) is 0 Å². The van der Waals surface area contributed by atoms with Gasteiger partial charge < -0.3 is 14.9 Å². The van der Waals surface area contributed by atoms with E-state index in [1.807, 2.05) is 6.92 Å². The van der Waals surface area contributed by atoms with Crippen molar-refractivity contribution in [2.45, 2.75) is 25.4 Å². The number of ether oxygens (including phenoxy) is 1.